The van der Waals surface area contributed by atoms with Gasteiger partial charge >= 0.3 is 0 Å². The number of hydrogen-bond donors (Lipinski definition) is 0. The summed E-state index contributed by atoms with van der Waals surface area (Å²) < 4.78 is 0. The number of rotatable bonds is 2. The third-order valence-corrected chi connectivity index (χ3v) is 2.49. The predicted octanol–water partition coefficient (Wildman–Crippen LogP) is 1.58. The Kier molecular flexibility index (Phi) is 2.80. The summed E-state index contributed by atoms with van der Waals surface area (Å²) in [6.07, 6.45) is 4.50. The third-order valence-electron chi connectivity index (χ3n) is 2.49. The van der Waals surface area contributed by atoms with E-state index in [9.17, 15) is 9.59 Å². The summed E-state index contributed by atoms with van der Waals surface area (Å²) in [7, 11) is 0. The zero-order chi connectivity index (χ0) is 8.27. The first-order chi connectivity index (χ1) is 5.29. The van der Waals surface area contributed by atoms with Crippen molar-refractivity contribution in [2.45, 2.75) is 32.6 Å². The van der Waals surface area contributed by atoms with Gasteiger partial charge in [-0.25, -0.2) is 0 Å². The fourth-order valence-corrected chi connectivity index (χ4v) is 1.71. The summed E-state index contributed by atoms with van der Waals surface area (Å²) in [5.41, 5.74) is 0. The number of aldehydes is 1. The molecule has 0 aliphatic heterocycles. The Balaban J connectivity index is 2.59. The molecule has 11 heavy (non-hydrogen) atoms. The normalized spacial score (nSPS) is 31.9. The minimum atomic E-state index is -0.284. The summed E-state index contributed by atoms with van der Waals surface area (Å²) in [6, 6.07) is 0. The molecule has 1 aliphatic rings. The van der Waals surface area contributed by atoms with E-state index in [2.05, 4.69) is 0 Å². The monoisotopic (exact) mass is 154 g/mol. The van der Waals surface area contributed by atoms with E-state index in [1.54, 1.807) is 0 Å². The molecule has 0 N–H and O–H groups in total. The van der Waals surface area contributed by atoms with Crippen molar-refractivity contribution >= 4 is 12.1 Å². The number of ketones is 1. The molecule has 1 aliphatic carbocycles. The Hall–Kier alpha value is -0.660. The molecule has 0 heterocycles. The minimum absolute atomic E-state index is 0.166. The Morgan fingerprint density at radius 2 is 2.27 bits per heavy atom. The first-order valence-electron chi connectivity index (χ1n) is 4.28. The molecule has 2 unspecified atom stereocenters. The second-order valence-electron chi connectivity index (χ2n) is 3.18. The summed E-state index contributed by atoms with van der Waals surface area (Å²) in [4.78, 5) is 21.8. The van der Waals surface area contributed by atoms with Crippen molar-refractivity contribution in [1.29, 1.82) is 0 Å². The third kappa shape index (κ3) is 1.67. The summed E-state index contributed by atoms with van der Waals surface area (Å²) in [5, 5.41) is 0. The van der Waals surface area contributed by atoms with Crippen LogP contribution in [0.4, 0.5) is 0 Å². The van der Waals surface area contributed by atoms with Gasteiger partial charge in [-0.3, -0.25) is 4.79 Å². The maximum absolute atomic E-state index is 11.4. The van der Waals surface area contributed by atoms with E-state index in [0.717, 1.165) is 32.0 Å². The van der Waals surface area contributed by atoms with Crippen LogP contribution in [0.3, 0.4) is 0 Å². The molecule has 0 aromatic carbocycles. The first-order valence-corrected chi connectivity index (χ1v) is 4.28. The number of Topliss-reactive ketones (excluding diaryl/α,β-unsaturated/α-hetero) is 1. The van der Waals surface area contributed by atoms with Crippen molar-refractivity contribution in [3.8, 4) is 0 Å². The van der Waals surface area contributed by atoms with Crippen LogP contribution in [0.1, 0.15) is 32.6 Å². The molecule has 2 heteroatoms. The number of carbonyl (C=O) groups excluding carboxylic acids is 2. The summed E-state index contributed by atoms with van der Waals surface area (Å²) >= 11 is 0. The van der Waals surface area contributed by atoms with E-state index < -0.39 is 0 Å². The maximum Gasteiger partial charge on any atom is 0.146 e. The van der Waals surface area contributed by atoms with E-state index in [4.69, 9.17) is 0 Å². The van der Waals surface area contributed by atoms with Gasteiger partial charge in [-0.1, -0.05) is 13.3 Å². The number of carbonyl (C=O) groups is 2. The average Bonchev–Trinajstić information content (AvgIpc) is 2.05. The topological polar surface area (TPSA) is 34.1 Å². The highest BCUT2D eigenvalue weighted by molar-refractivity contribution is 5.95. The molecule has 1 rings (SSSR count). The Labute approximate surface area is 67.0 Å². The minimum Gasteiger partial charge on any atom is -0.303 e. The van der Waals surface area contributed by atoms with Crippen LogP contribution in [0.25, 0.3) is 0 Å². The highest BCUT2D eigenvalue weighted by atomic mass is 16.1. The van der Waals surface area contributed by atoms with E-state index in [1.807, 2.05) is 6.92 Å². The molecule has 1 saturated carbocycles. The Morgan fingerprint density at radius 3 is 2.82 bits per heavy atom. The SMILES string of the molecule is CCC1CCCC(C=O)C1=O. The van der Waals surface area contributed by atoms with E-state index in [0.29, 0.717) is 0 Å². The smallest absolute Gasteiger partial charge is 0.146 e. The quantitative estimate of drug-likeness (QED) is 0.447. The molecular formula is C9H14O2. The fourth-order valence-electron chi connectivity index (χ4n) is 1.71. The van der Waals surface area contributed by atoms with Crippen molar-refractivity contribution in [3.63, 3.8) is 0 Å². The van der Waals surface area contributed by atoms with Crippen LogP contribution in [-0.4, -0.2) is 12.1 Å². The van der Waals surface area contributed by atoms with Crippen LogP contribution in [0.5, 0.6) is 0 Å². The molecule has 0 aromatic rings. The predicted molar refractivity (Wildman–Crippen MR) is 42.2 cm³/mol. The highest BCUT2D eigenvalue weighted by Crippen LogP contribution is 2.26. The van der Waals surface area contributed by atoms with Crippen molar-refractivity contribution in [1.82, 2.24) is 0 Å². The molecule has 0 saturated heterocycles. The van der Waals surface area contributed by atoms with Crippen molar-refractivity contribution in [2.24, 2.45) is 11.8 Å². The van der Waals surface area contributed by atoms with Gasteiger partial charge in [0.2, 0.25) is 0 Å². The van der Waals surface area contributed by atoms with Gasteiger partial charge in [0.15, 0.2) is 0 Å². The zero-order valence-electron chi connectivity index (χ0n) is 6.88. The first kappa shape index (κ1) is 8.44. The molecule has 62 valence electrons. The van der Waals surface area contributed by atoms with E-state index >= 15 is 0 Å². The van der Waals surface area contributed by atoms with Crippen LogP contribution < -0.4 is 0 Å². The average molecular weight is 154 g/mol. The molecule has 0 bridgehead atoms. The van der Waals surface area contributed by atoms with Crippen LogP contribution in [0, 0.1) is 11.8 Å². The second-order valence-corrected chi connectivity index (χ2v) is 3.18. The molecule has 0 spiro atoms. The van der Waals surface area contributed by atoms with Crippen LogP contribution in [-0.2, 0) is 9.59 Å². The lowest BCUT2D eigenvalue weighted by Crippen LogP contribution is -2.28. The molecule has 0 radical (unpaired) electrons. The molecule has 2 nitrogen and oxygen atoms in total. The fraction of sp³-hybridized carbons (Fsp3) is 0.778. The Bertz CT molecular complexity index is 163. The van der Waals surface area contributed by atoms with Gasteiger partial charge in [0.05, 0.1) is 5.92 Å². The summed E-state index contributed by atoms with van der Waals surface area (Å²) in [5.74, 6) is 0.0569. The van der Waals surface area contributed by atoms with E-state index in [-0.39, 0.29) is 17.6 Å². The van der Waals surface area contributed by atoms with Gasteiger partial charge in [-0.05, 0) is 19.3 Å². The molecule has 0 amide bonds. The molecule has 1 fully saturated rings. The van der Waals surface area contributed by atoms with Gasteiger partial charge in [0.25, 0.3) is 0 Å². The highest BCUT2D eigenvalue weighted by Gasteiger charge is 2.29. The lowest BCUT2D eigenvalue weighted by atomic mass is 9.80. The van der Waals surface area contributed by atoms with Gasteiger partial charge in [-0.2, -0.15) is 0 Å². The lowest BCUT2D eigenvalue weighted by Gasteiger charge is -2.22. The molecular weight excluding hydrogens is 140 g/mol. The van der Waals surface area contributed by atoms with Crippen LogP contribution >= 0.6 is 0 Å². The standard InChI is InChI=1S/C9H14O2/c1-2-7-4-3-5-8(6-10)9(7)11/h6-8H,2-5H2,1H3. The maximum atomic E-state index is 11.4. The van der Waals surface area contributed by atoms with Crippen molar-refractivity contribution < 1.29 is 9.59 Å². The number of hydrogen-bond acceptors (Lipinski definition) is 2. The van der Waals surface area contributed by atoms with Crippen LogP contribution in [0.15, 0.2) is 0 Å². The van der Waals surface area contributed by atoms with Gasteiger partial charge < -0.3 is 4.79 Å². The largest absolute Gasteiger partial charge is 0.303 e. The Morgan fingerprint density at radius 1 is 1.55 bits per heavy atom. The van der Waals surface area contributed by atoms with Crippen molar-refractivity contribution in [3.05, 3.63) is 0 Å². The van der Waals surface area contributed by atoms with Crippen LogP contribution in [0.2, 0.25) is 0 Å². The van der Waals surface area contributed by atoms with E-state index in [1.165, 1.54) is 0 Å². The lowest BCUT2D eigenvalue weighted by molar-refractivity contribution is -0.132. The molecule has 2 atom stereocenters. The summed E-state index contributed by atoms with van der Waals surface area (Å²) in [6.45, 7) is 2.01. The van der Waals surface area contributed by atoms with Crippen molar-refractivity contribution in [2.75, 3.05) is 0 Å². The second kappa shape index (κ2) is 3.65. The zero-order valence-corrected chi connectivity index (χ0v) is 6.88. The van der Waals surface area contributed by atoms with Gasteiger partial charge in [0.1, 0.15) is 12.1 Å². The van der Waals surface area contributed by atoms with Gasteiger partial charge in [-0.15, -0.1) is 0 Å². The molecule has 0 aromatic heterocycles. The van der Waals surface area contributed by atoms with Gasteiger partial charge in [0, 0.05) is 5.92 Å².